The molecule has 16 heavy (non-hydrogen) atoms. The normalized spacial score (nSPS) is 22.4. The van der Waals surface area contributed by atoms with Crippen molar-refractivity contribution in [2.24, 2.45) is 5.73 Å². The molecule has 1 aliphatic carbocycles. The topological polar surface area (TPSA) is 29.3 Å². The summed E-state index contributed by atoms with van der Waals surface area (Å²) in [4.78, 5) is 2.49. The molecule has 0 atom stereocenters. The largest absolute Gasteiger partial charge is 0.372 e. The highest BCUT2D eigenvalue weighted by Crippen LogP contribution is 2.36. The third-order valence-electron chi connectivity index (χ3n) is 3.83. The summed E-state index contributed by atoms with van der Waals surface area (Å²) in [6.45, 7) is 2.44. The second-order valence-electron chi connectivity index (χ2n) is 5.40. The SMILES string of the molecule is NC1(Cc2cccc(N3CCCC3)c2)CC1. The fraction of sp³-hybridized carbons (Fsp3) is 0.571. The predicted molar refractivity (Wildman–Crippen MR) is 67.7 cm³/mol. The van der Waals surface area contributed by atoms with Gasteiger partial charge in [-0.25, -0.2) is 0 Å². The Labute approximate surface area is 97.4 Å². The minimum Gasteiger partial charge on any atom is -0.372 e. The molecule has 0 amide bonds. The van der Waals surface area contributed by atoms with Crippen molar-refractivity contribution in [2.45, 2.75) is 37.6 Å². The van der Waals surface area contributed by atoms with Crippen LogP contribution in [0.5, 0.6) is 0 Å². The maximum Gasteiger partial charge on any atom is 0.0368 e. The van der Waals surface area contributed by atoms with Gasteiger partial charge in [0.2, 0.25) is 0 Å². The van der Waals surface area contributed by atoms with Gasteiger partial charge < -0.3 is 10.6 Å². The number of hydrogen-bond donors (Lipinski definition) is 1. The van der Waals surface area contributed by atoms with Gasteiger partial charge in [0.05, 0.1) is 0 Å². The fourth-order valence-electron chi connectivity index (χ4n) is 2.58. The summed E-state index contributed by atoms with van der Waals surface area (Å²) in [5, 5.41) is 0. The third kappa shape index (κ3) is 2.07. The Morgan fingerprint density at radius 3 is 2.62 bits per heavy atom. The third-order valence-corrected chi connectivity index (χ3v) is 3.83. The van der Waals surface area contributed by atoms with Crippen LogP contribution in [0.3, 0.4) is 0 Å². The van der Waals surface area contributed by atoms with Gasteiger partial charge in [0.25, 0.3) is 0 Å². The lowest BCUT2D eigenvalue weighted by Gasteiger charge is -2.19. The van der Waals surface area contributed by atoms with Crippen LogP contribution >= 0.6 is 0 Å². The lowest BCUT2D eigenvalue weighted by molar-refractivity contribution is 0.672. The average molecular weight is 216 g/mol. The number of benzene rings is 1. The first kappa shape index (κ1) is 10.2. The molecule has 2 heteroatoms. The highest BCUT2D eigenvalue weighted by Gasteiger charge is 2.37. The fourth-order valence-corrected chi connectivity index (χ4v) is 2.58. The van der Waals surface area contributed by atoms with Gasteiger partial charge >= 0.3 is 0 Å². The zero-order chi connectivity index (χ0) is 11.0. The molecule has 1 aromatic carbocycles. The van der Waals surface area contributed by atoms with E-state index in [0.717, 1.165) is 6.42 Å². The molecule has 1 heterocycles. The van der Waals surface area contributed by atoms with E-state index in [2.05, 4.69) is 29.2 Å². The second-order valence-corrected chi connectivity index (χ2v) is 5.40. The maximum absolute atomic E-state index is 6.17. The van der Waals surface area contributed by atoms with Crippen LogP contribution in [0.1, 0.15) is 31.2 Å². The summed E-state index contributed by atoms with van der Waals surface area (Å²) in [5.41, 5.74) is 9.09. The van der Waals surface area contributed by atoms with Crippen LogP contribution in [-0.4, -0.2) is 18.6 Å². The minimum absolute atomic E-state index is 0.129. The number of anilines is 1. The van der Waals surface area contributed by atoms with Gasteiger partial charge in [-0.3, -0.25) is 0 Å². The molecular formula is C14H20N2. The van der Waals surface area contributed by atoms with E-state index in [0.29, 0.717) is 0 Å². The molecule has 0 aromatic heterocycles. The van der Waals surface area contributed by atoms with Crippen LogP contribution in [0.25, 0.3) is 0 Å². The number of nitrogens with zero attached hydrogens (tertiary/aromatic N) is 1. The molecular weight excluding hydrogens is 196 g/mol. The highest BCUT2D eigenvalue weighted by atomic mass is 15.1. The first-order valence-corrected chi connectivity index (χ1v) is 6.38. The summed E-state index contributed by atoms with van der Waals surface area (Å²) in [6, 6.07) is 8.95. The molecule has 2 aliphatic rings. The molecule has 0 radical (unpaired) electrons. The van der Waals surface area contributed by atoms with Crippen molar-refractivity contribution in [1.29, 1.82) is 0 Å². The predicted octanol–water partition coefficient (Wildman–Crippen LogP) is 2.32. The van der Waals surface area contributed by atoms with E-state index in [1.807, 2.05) is 0 Å². The van der Waals surface area contributed by atoms with Crippen LogP contribution in [0.4, 0.5) is 5.69 Å². The Kier molecular flexibility index (Phi) is 2.40. The Morgan fingerprint density at radius 1 is 1.19 bits per heavy atom. The zero-order valence-electron chi connectivity index (χ0n) is 9.78. The minimum atomic E-state index is 0.129. The van der Waals surface area contributed by atoms with E-state index in [1.54, 1.807) is 0 Å². The first-order chi connectivity index (χ1) is 7.75. The average Bonchev–Trinajstić information content (AvgIpc) is 2.84. The number of rotatable bonds is 3. The number of nitrogens with two attached hydrogens (primary N) is 1. The van der Waals surface area contributed by atoms with Gasteiger partial charge in [0.15, 0.2) is 0 Å². The summed E-state index contributed by atoms with van der Waals surface area (Å²) in [6.07, 6.45) is 6.12. The molecule has 1 saturated carbocycles. The standard InChI is InChI=1S/C14H20N2/c15-14(6-7-14)11-12-4-3-5-13(10-12)16-8-1-2-9-16/h3-5,10H,1-2,6-9,11,15H2. The Balaban J connectivity index is 1.76. The molecule has 1 aromatic rings. The van der Waals surface area contributed by atoms with E-state index in [1.165, 1.54) is 50.0 Å². The van der Waals surface area contributed by atoms with Crippen LogP contribution < -0.4 is 10.6 Å². The molecule has 86 valence electrons. The van der Waals surface area contributed by atoms with E-state index in [-0.39, 0.29) is 5.54 Å². The van der Waals surface area contributed by atoms with Crippen molar-refractivity contribution >= 4 is 5.69 Å². The maximum atomic E-state index is 6.17. The molecule has 1 saturated heterocycles. The quantitative estimate of drug-likeness (QED) is 0.840. The molecule has 0 unspecified atom stereocenters. The zero-order valence-corrected chi connectivity index (χ0v) is 9.78. The summed E-state index contributed by atoms with van der Waals surface area (Å²) < 4.78 is 0. The molecule has 2 nitrogen and oxygen atoms in total. The summed E-state index contributed by atoms with van der Waals surface area (Å²) >= 11 is 0. The van der Waals surface area contributed by atoms with Crippen molar-refractivity contribution in [3.05, 3.63) is 29.8 Å². The monoisotopic (exact) mass is 216 g/mol. The van der Waals surface area contributed by atoms with Gasteiger partial charge in [0, 0.05) is 24.3 Å². The van der Waals surface area contributed by atoms with Crippen molar-refractivity contribution in [2.75, 3.05) is 18.0 Å². The lowest BCUT2D eigenvalue weighted by atomic mass is 10.0. The molecule has 0 bridgehead atoms. The van der Waals surface area contributed by atoms with E-state index >= 15 is 0 Å². The second kappa shape index (κ2) is 3.77. The lowest BCUT2D eigenvalue weighted by Crippen LogP contribution is -2.24. The van der Waals surface area contributed by atoms with Gasteiger partial charge in [-0.15, -0.1) is 0 Å². The van der Waals surface area contributed by atoms with Crippen LogP contribution in [0.2, 0.25) is 0 Å². The Bertz CT molecular complexity index is 376. The van der Waals surface area contributed by atoms with Crippen molar-refractivity contribution < 1.29 is 0 Å². The van der Waals surface area contributed by atoms with Crippen molar-refractivity contribution in [1.82, 2.24) is 0 Å². The number of hydrogen-bond acceptors (Lipinski definition) is 2. The first-order valence-electron chi connectivity index (χ1n) is 6.38. The van der Waals surface area contributed by atoms with Gasteiger partial charge in [0.1, 0.15) is 0 Å². The van der Waals surface area contributed by atoms with Gasteiger partial charge in [-0.05, 0) is 49.8 Å². The van der Waals surface area contributed by atoms with Crippen LogP contribution in [0.15, 0.2) is 24.3 Å². The van der Waals surface area contributed by atoms with E-state index in [4.69, 9.17) is 5.73 Å². The van der Waals surface area contributed by atoms with E-state index in [9.17, 15) is 0 Å². The summed E-state index contributed by atoms with van der Waals surface area (Å²) in [5.74, 6) is 0. The molecule has 0 spiro atoms. The molecule has 3 rings (SSSR count). The van der Waals surface area contributed by atoms with Crippen molar-refractivity contribution in [3.63, 3.8) is 0 Å². The smallest absolute Gasteiger partial charge is 0.0368 e. The Hall–Kier alpha value is -1.02. The van der Waals surface area contributed by atoms with Gasteiger partial charge in [-0.2, -0.15) is 0 Å². The highest BCUT2D eigenvalue weighted by molar-refractivity contribution is 5.49. The molecule has 2 N–H and O–H groups in total. The van der Waals surface area contributed by atoms with Crippen molar-refractivity contribution in [3.8, 4) is 0 Å². The Morgan fingerprint density at radius 2 is 1.94 bits per heavy atom. The van der Waals surface area contributed by atoms with E-state index < -0.39 is 0 Å². The summed E-state index contributed by atoms with van der Waals surface area (Å²) in [7, 11) is 0. The molecule has 2 fully saturated rings. The van der Waals surface area contributed by atoms with Crippen LogP contribution in [0, 0.1) is 0 Å². The van der Waals surface area contributed by atoms with Crippen LogP contribution in [-0.2, 0) is 6.42 Å². The molecule has 1 aliphatic heterocycles. The van der Waals surface area contributed by atoms with Gasteiger partial charge in [-0.1, -0.05) is 12.1 Å².